The van der Waals surface area contributed by atoms with Crippen molar-refractivity contribution in [3.8, 4) is 11.4 Å². The number of hydrogen-bond donors (Lipinski definition) is 1. The van der Waals surface area contributed by atoms with E-state index in [4.69, 9.17) is 21.4 Å². The summed E-state index contributed by atoms with van der Waals surface area (Å²) in [6.45, 7) is 0.973. The van der Waals surface area contributed by atoms with Crippen LogP contribution in [0.2, 0.25) is 5.02 Å². The lowest BCUT2D eigenvalue weighted by molar-refractivity contribution is 0.412. The molecule has 0 bridgehead atoms. The van der Waals surface area contributed by atoms with Crippen molar-refractivity contribution in [3.05, 3.63) is 34.5 Å². The Balaban J connectivity index is 2.16. The largest absolute Gasteiger partial charge is 0.494 e. The van der Waals surface area contributed by atoms with Crippen LogP contribution in [0.4, 0.5) is 5.82 Å². The summed E-state index contributed by atoms with van der Waals surface area (Å²) in [5.74, 6) is 2.78. The molecule has 22 heavy (non-hydrogen) atoms. The predicted molar refractivity (Wildman–Crippen MR) is 93.8 cm³/mol. The van der Waals surface area contributed by atoms with E-state index in [2.05, 4.69) is 11.6 Å². The summed E-state index contributed by atoms with van der Waals surface area (Å²) in [6.07, 6.45) is 5.55. The van der Waals surface area contributed by atoms with E-state index in [0.29, 0.717) is 5.02 Å². The topological polar surface area (TPSA) is 39.1 Å². The van der Waals surface area contributed by atoms with Gasteiger partial charge in [-0.05, 0) is 43.7 Å². The zero-order valence-electron chi connectivity index (χ0n) is 12.9. The van der Waals surface area contributed by atoms with Gasteiger partial charge in [-0.2, -0.15) is 16.9 Å². The van der Waals surface area contributed by atoms with Gasteiger partial charge in [0.25, 0.3) is 0 Å². The van der Waals surface area contributed by atoms with E-state index in [9.17, 15) is 0 Å². The fraction of sp³-hybridized carbons (Fsp3) is 0.438. The van der Waals surface area contributed by atoms with Gasteiger partial charge in [0.2, 0.25) is 0 Å². The third kappa shape index (κ3) is 2.92. The number of fused-ring (bicyclic) bond motifs is 1. The maximum atomic E-state index is 6.19. The second kappa shape index (κ2) is 6.84. The van der Waals surface area contributed by atoms with Gasteiger partial charge in [0.1, 0.15) is 17.3 Å². The molecule has 2 heterocycles. The fourth-order valence-corrected chi connectivity index (χ4v) is 3.50. The molecular weight excluding hydrogens is 318 g/mol. The van der Waals surface area contributed by atoms with E-state index in [0.717, 1.165) is 41.7 Å². The summed E-state index contributed by atoms with van der Waals surface area (Å²) in [5, 5.41) is 9.05. The molecule has 0 atom stereocenters. The molecular formula is C16H20ClN3OS. The van der Waals surface area contributed by atoms with Gasteiger partial charge in [-0.15, -0.1) is 0 Å². The van der Waals surface area contributed by atoms with Crippen molar-refractivity contribution in [2.45, 2.75) is 25.0 Å². The van der Waals surface area contributed by atoms with Gasteiger partial charge in [0.05, 0.1) is 12.8 Å². The van der Waals surface area contributed by atoms with E-state index in [1.54, 1.807) is 18.9 Å². The minimum Gasteiger partial charge on any atom is -0.494 e. The number of nitrogens with zero attached hydrogens (tertiary/aromatic N) is 2. The first-order valence-electron chi connectivity index (χ1n) is 7.42. The van der Waals surface area contributed by atoms with Gasteiger partial charge in [-0.3, -0.25) is 0 Å². The van der Waals surface area contributed by atoms with E-state index >= 15 is 0 Å². The first-order chi connectivity index (χ1) is 10.7. The molecule has 0 fully saturated rings. The lowest BCUT2D eigenvalue weighted by Crippen LogP contribution is -2.08. The van der Waals surface area contributed by atoms with Gasteiger partial charge in [-0.25, -0.2) is 4.68 Å². The average Bonchev–Trinajstić information content (AvgIpc) is 2.71. The molecule has 0 saturated carbocycles. The highest BCUT2D eigenvalue weighted by Crippen LogP contribution is 2.34. The Hall–Kier alpha value is -1.33. The van der Waals surface area contributed by atoms with Gasteiger partial charge >= 0.3 is 0 Å². The zero-order chi connectivity index (χ0) is 15.5. The molecule has 0 spiro atoms. The molecule has 0 saturated heterocycles. The number of thioether (sulfide) groups is 1. The third-order valence-corrected chi connectivity index (χ3v) is 4.66. The average molecular weight is 338 g/mol. The molecule has 118 valence electrons. The molecule has 3 rings (SSSR count). The number of anilines is 1. The Morgan fingerprint density at radius 3 is 3.05 bits per heavy atom. The number of aromatic nitrogens is 2. The maximum absolute atomic E-state index is 6.19. The van der Waals surface area contributed by atoms with Crippen LogP contribution >= 0.6 is 23.4 Å². The number of halogens is 1. The summed E-state index contributed by atoms with van der Waals surface area (Å²) >= 11 is 7.98. The van der Waals surface area contributed by atoms with Gasteiger partial charge in [0, 0.05) is 22.9 Å². The van der Waals surface area contributed by atoms with E-state index < -0.39 is 0 Å². The summed E-state index contributed by atoms with van der Waals surface area (Å²) in [5.41, 5.74) is 3.36. The van der Waals surface area contributed by atoms with Crippen LogP contribution in [0.15, 0.2) is 18.2 Å². The van der Waals surface area contributed by atoms with Crippen LogP contribution in [0.25, 0.3) is 5.69 Å². The maximum Gasteiger partial charge on any atom is 0.144 e. The standard InChI is InChI=1S/C16H20ClN3OS/c1-21-15-7-6-11(17)9-14(15)20-16-12(5-3-4-8-18-16)13(19-20)10-22-2/h6-7,9,18H,3-5,8,10H2,1-2H3. The molecule has 6 heteroatoms. The van der Waals surface area contributed by atoms with Gasteiger partial charge in [0.15, 0.2) is 0 Å². The molecule has 4 nitrogen and oxygen atoms in total. The number of methoxy groups -OCH3 is 1. The van der Waals surface area contributed by atoms with Crippen LogP contribution in [-0.4, -0.2) is 29.7 Å². The Bertz CT molecular complexity index is 672. The number of benzene rings is 1. The zero-order valence-corrected chi connectivity index (χ0v) is 14.4. The van der Waals surface area contributed by atoms with Gasteiger partial charge in [-0.1, -0.05) is 11.6 Å². The quantitative estimate of drug-likeness (QED) is 0.909. The van der Waals surface area contributed by atoms with Crippen LogP contribution in [0.3, 0.4) is 0 Å². The Morgan fingerprint density at radius 2 is 2.27 bits per heavy atom. The summed E-state index contributed by atoms with van der Waals surface area (Å²) in [6, 6.07) is 5.63. The Kier molecular flexibility index (Phi) is 4.84. The second-order valence-electron chi connectivity index (χ2n) is 5.32. The molecule has 0 unspecified atom stereocenters. The minimum atomic E-state index is 0.681. The van der Waals surface area contributed by atoms with Crippen molar-refractivity contribution in [1.82, 2.24) is 9.78 Å². The second-order valence-corrected chi connectivity index (χ2v) is 6.62. The lowest BCUT2D eigenvalue weighted by Gasteiger charge is -2.13. The van der Waals surface area contributed by atoms with Crippen molar-refractivity contribution in [3.63, 3.8) is 0 Å². The molecule has 1 aromatic heterocycles. The molecule has 2 aromatic rings. The van der Waals surface area contributed by atoms with Crippen molar-refractivity contribution >= 4 is 29.2 Å². The molecule has 0 radical (unpaired) electrons. The molecule has 0 aliphatic carbocycles. The van der Waals surface area contributed by atoms with Gasteiger partial charge < -0.3 is 10.1 Å². The van der Waals surface area contributed by atoms with Crippen LogP contribution in [0, 0.1) is 0 Å². The number of ether oxygens (including phenoxy) is 1. The Labute approximate surface area is 140 Å². The van der Waals surface area contributed by atoms with E-state index in [-0.39, 0.29) is 0 Å². The predicted octanol–water partition coefficient (Wildman–Crippen LogP) is 4.15. The molecule has 0 amide bonds. The summed E-state index contributed by atoms with van der Waals surface area (Å²) in [7, 11) is 1.67. The number of rotatable bonds is 4. The summed E-state index contributed by atoms with van der Waals surface area (Å²) in [4.78, 5) is 0. The van der Waals surface area contributed by atoms with E-state index in [1.165, 1.54) is 18.4 Å². The molecule has 1 aromatic carbocycles. The van der Waals surface area contributed by atoms with Crippen molar-refractivity contribution in [1.29, 1.82) is 0 Å². The smallest absolute Gasteiger partial charge is 0.144 e. The Morgan fingerprint density at radius 1 is 1.41 bits per heavy atom. The molecule has 1 N–H and O–H groups in total. The SMILES string of the molecule is COc1ccc(Cl)cc1-n1nc(CSC)c2c1NCCCC2. The first-order valence-corrected chi connectivity index (χ1v) is 9.19. The molecule has 1 aliphatic heterocycles. The van der Waals surface area contributed by atoms with Crippen LogP contribution < -0.4 is 10.1 Å². The van der Waals surface area contributed by atoms with Crippen molar-refractivity contribution in [2.24, 2.45) is 0 Å². The van der Waals surface area contributed by atoms with E-state index in [1.807, 2.05) is 22.9 Å². The van der Waals surface area contributed by atoms with Crippen molar-refractivity contribution in [2.75, 3.05) is 25.2 Å². The monoisotopic (exact) mass is 337 g/mol. The normalized spacial score (nSPS) is 14.1. The highest BCUT2D eigenvalue weighted by atomic mass is 35.5. The first kappa shape index (κ1) is 15.6. The fourth-order valence-electron chi connectivity index (χ4n) is 2.83. The highest BCUT2D eigenvalue weighted by Gasteiger charge is 2.22. The third-order valence-electron chi connectivity index (χ3n) is 3.86. The lowest BCUT2D eigenvalue weighted by atomic mass is 10.1. The van der Waals surface area contributed by atoms with Crippen LogP contribution in [0.5, 0.6) is 5.75 Å². The van der Waals surface area contributed by atoms with Crippen LogP contribution in [-0.2, 0) is 12.2 Å². The van der Waals surface area contributed by atoms with Crippen molar-refractivity contribution < 1.29 is 4.74 Å². The summed E-state index contributed by atoms with van der Waals surface area (Å²) < 4.78 is 7.45. The number of nitrogens with one attached hydrogen (secondary N) is 1. The molecule has 1 aliphatic rings. The minimum absolute atomic E-state index is 0.681. The number of hydrogen-bond acceptors (Lipinski definition) is 4. The highest BCUT2D eigenvalue weighted by molar-refractivity contribution is 7.97. The van der Waals surface area contributed by atoms with Crippen LogP contribution in [0.1, 0.15) is 24.1 Å².